The lowest BCUT2D eigenvalue weighted by atomic mass is 10.1. The van der Waals surface area contributed by atoms with Crippen molar-refractivity contribution < 1.29 is 4.39 Å². The molecule has 0 spiro atoms. The van der Waals surface area contributed by atoms with Gasteiger partial charge in [0, 0.05) is 17.6 Å². The molecule has 0 saturated carbocycles. The molecule has 0 radical (unpaired) electrons. The second-order valence-electron chi connectivity index (χ2n) is 6.07. The molecule has 0 amide bonds. The summed E-state index contributed by atoms with van der Waals surface area (Å²) < 4.78 is 13.7. The maximum absolute atomic E-state index is 13.7. The van der Waals surface area contributed by atoms with Gasteiger partial charge in [0.05, 0.1) is 16.4 Å². The van der Waals surface area contributed by atoms with Crippen LogP contribution in [-0.4, -0.2) is 16.5 Å². The number of allylic oxidation sites excluding steroid dienone is 1. The number of benzene rings is 2. The van der Waals surface area contributed by atoms with E-state index in [0.717, 1.165) is 15.6 Å². The number of fused-ring (bicyclic) bond motifs is 1. The Morgan fingerprint density at radius 1 is 1.14 bits per heavy atom. The lowest BCUT2D eigenvalue weighted by Gasteiger charge is -2.08. The molecule has 1 aromatic heterocycles. The van der Waals surface area contributed by atoms with Gasteiger partial charge in [-0.2, -0.15) is 5.26 Å². The van der Waals surface area contributed by atoms with Gasteiger partial charge in [0.2, 0.25) is 5.95 Å². The number of anilines is 2. The Hall–Kier alpha value is -3.37. The first kappa shape index (κ1) is 18.0. The Morgan fingerprint density at radius 3 is 2.79 bits per heavy atom. The fourth-order valence-corrected chi connectivity index (χ4v) is 3.86. The van der Waals surface area contributed by atoms with Crippen LogP contribution in [0.1, 0.15) is 11.3 Å². The summed E-state index contributed by atoms with van der Waals surface area (Å²) in [5.41, 5.74) is 2.61. The van der Waals surface area contributed by atoms with Crippen molar-refractivity contribution >= 4 is 29.0 Å². The number of rotatable bonds is 5. The molecule has 0 bridgehead atoms. The molecule has 0 aliphatic carbocycles. The van der Waals surface area contributed by atoms with Gasteiger partial charge in [-0.25, -0.2) is 14.4 Å². The average Bonchev–Trinajstić information content (AvgIpc) is 3.14. The Kier molecular flexibility index (Phi) is 5.22. The van der Waals surface area contributed by atoms with E-state index in [0.29, 0.717) is 35.7 Å². The van der Waals surface area contributed by atoms with Crippen molar-refractivity contribution in [1.29, 1.82) is 5.26 Å². The van der Waals surface area contributed by atoms with E-state index in [-0.39, 0.29) is 5.82 Å². The van der Waals surface area contributed by atoms with E-state index in [4.69, 9.17) is 0 Å². The molecule has 0 saturated heterocycles. The van der Waals surface area contributed by atoms with Gasteiger partial charge in [0.15, 0.2) is 0 Å². The smallest absolute Gasteiger partial charge is 0.223 e. The molecule has 0 unspecified atom stereocenters. The standard InChI is InChI=1S/C21H16FN5S/c22-16-6-2-1-5-14(16)9-11-24-21-25-12-10-17(27-21)15(13-23)20-26-18-7-3-4-8-19(18)28-20/h1-8,10,12,26H,9,11H2,(H,24,25,27)/b20-15+. The molecule has 4 rings (SSSR count). The summed E-state index contributed by atoms with van der Waals surface area (Å²) in [6.07, 6.45) is 2.12. The average molecular weight is 389 g/mol. The largest absolute Gasteiger partial charge is 0.354 e. The van der Waals surface area contributed by atoms with Crippen LogP contribution < -0.4 is 10.6 Å². The van der Waals surface area contributed by atoms with Crippen LogP contribution in [0.25, 0.3) is 5.57 Å². The second-order valence-corrected chi connectivity index (χ2v) is 7.13. The highest BCUT2D eigenvalue weighted by Gasteiger charge is 2.20. The predicted octanol–water partition coefficient (Wildman–Crippen LogP) is 4.68. The van der Waals surface area contributed by atoms with Gasteiger partial charge in [0.25, 0.3) is 0 Å². The maximum Gasteiger partial charge on any atom is 0.223 e. The molecular formula is C21H16FN5S. The molecule has 1 aliphatic rings. The minimum Gasteiger partial charge on any atom is -0.354 e. The van der Waals surface area contributed by atoms with Crippen LogP contribution in [0, 0.1) is 17.1 Å². The zero-order chi connectivity index (χ0) is 19.3. The molecule has 138 valence electrons. The van der Waals surface area contributed by atoms with Crippen LogP contribution in [0.2, 0.25) is 0 Å². The van der Waals surface area contributed by atoms with Gasteiger partial charge in [0.1, 0.15) is 17.5 Å². The maximum atomic E-state index is 13.7. The lowest BCUT2D eigenvalue weighted by molar-refractivity contribution is 0.610. The Bertz CT molecular complexity index is 1060. The highest BCUT2D eigenvalue weighted by Crippen LogP contribution is 2.43. The molecule has 2 heterocycles. The van der Waals surface area contributed by atoms with Gasteiger partial charge in [-0.1, -0.05) is 42.1 Å². The summed E-state index contributed by atoms with van der Waals surface area (Å²) in [5, 5.41) is 16.8. The fraction of sp³-hybridized carbons (Fsp3) is 0.0952. The number of nitrogens with zero attached hydrogens (tertiary/aromatic N) is 3. The predicted molar refractivity (Wildman–Crippen MR) is 109 cm³/mol. The molecule has 3 aromatic rings. The highest BCUT2D eigenvalue weighted by molar-refractivity contribution is 8.04. The molecule has 7 heteroatoms. The molecule has 28 heavy (non-hydrogen) atoms. The third kappa shape index (κ3) is 3.82. The first-order valence-electron chi connectivity index (χ1n) is 8.73. The number of halogens is 1. The van der Waals surface area contributed by atoms with E-state index in [2.05, 4.69) is 26.7 Å². The van der Waals surface area contributed by atoms with Crippen LogP contribution in [0.3, 0.4) is 0 Å². The molecule has 5 nitrogen and oxygen atoms in total. The molecule has 0 atom stereocenters. The normalized spacial score (nSPS) is 14.0. The summed E-state index contributed by atoms with van der Waals surface area (Å²) in [4.78, 5) is 9.73. The summed E-state index contributed by atoms with van der Waals surface area (Å²) in [6.45, 7) is 0.487. The zero-order valence-corrected chi connectivity index (χ0v) is 15.6. The summed E-state index contributed by atoms with van der Waals surface area (Å²) in [5.74, 6) is 0.182. The molecule has 2 N–H and O–H groups in total. The van der Waals surface area contributed by atoms with Crippen LogP contribution in [-0.2, 0) is 6.42 Å². The monoisotopic (exact) mass is 389 g/mol. The van der Waals surface area contributed by atoms with E-state index in [1.807, 2.05) is 30.3 Å². The highest BCUT2D eigenvalue weighted by atomic mass is 32.2. The Labute approximate surface area is 166 Å². The minimum absolute atomic E-state index is 0.223. The molecule has 1 aliphatic heterocycles. The molecule has 0 fully saturated rings. The number of hydrogen-bond donors (Lipinski definition) is 2. The van der Waals surface area contributed by atoms with Crippen molar-refractivity contribution in [1.82, 2.24) is 9.97 Å². The van der Waals surface area contributed by atoms with Crippen LogP contribution in [0.5, 0.6) is 0 Å². The number of hydrogen-bond acceptors (Lipinski definition) is 6. The number of thioether (sulfide) groups is 1. The second kappa shape index (κ2) is 8.11. The van der Waals surface area contributed by atoms with E-state index in [1.165, 1.54) is 17.8 Å². The first-order chi connectivity index (χ1) is 13.7. The van der Waals surface area contributed by atoms with Crippen molar-refractivity contribution in [2.75, 3.05) is 17.2 Å². The van der Waals surface area contributed by atoms with E-state index in [9.17, 15) is 9.65 Å². The van der Waals surface area contributed by atoms with E-state index >= 15 is 0 Å². The quantitative estimate of drug-likeness (QED) is 0.617. The third-order valence-electron chi connectivity index (χ3n) is 4.23. The van der Waals surface area contributed by atoms with Gasteiger partial charge in [-0.3, -0.25) is 0 Å². The van der Waals surface area contributed by atoms with Gasteiger partial charge >= 0.3 is 0 Å². The third-order valence-corrected chi connectivity index (χ3v) is 5.32. The topological polar surface area (TPSA) is 73.6 Å². The molecule has 2 aromatic carbocycles. The summed E-state index contributed by atoms with van der Waals surface area (Å²) in [7, 11) is 0. The van der Waals surface area contributed by atoms with E-state index < -0.39 is 0 Å². The van der Waals surface area contributed by atoms with Gasteiger partial charge in [-0.15, -0.1) is 0 Å². The van der Waals surface area contributed by atoms with E-state index in [1.54, 1.807) is 24.4 Å². The lowest BCUT2D eigenvalue weighted by Crippen LogP contribution is -2.09. The van der Waals surface area contributed by atoms with Crippen LogP contribution in [0.15, 0.2) is 70.7 Å². The van der Waals surface area contributed by atoms with Crippen molar-refractivity contribution in [2.45, 2.75) is 11.3 Å². The number of aromatic nitrogens is 2. The van der Waals surface area contributed by atoms with Crippen LogP contribution >= 0.6 is 11.8 Å². The summed E-state index contributed by atoms with van der Waals surface area (Å²) >= 11 is 1.51. The minimum atomic E-state index is -0.223. The fourth-order valence-electron chi connectivity index (χ4n) is 2.85. The number of nitrogens with one attached hydrogen (secondary N) is 2. The SMILES string of the molecule is N#C/C(=C1/Nc2ccccc2S1)c1ccnc(NCCc2ccccc2F)n1. The van der Waals surface area contributed by atoms with Gasteiger partial charge in [-0.05, 0) is 36.2 Å². The zero-order valence-electron chi connectivity index (χ0n) is 14.8. The Morgan fingerprint density at radius 2 is 1.96 bits per heavy atom. The Balaban J connectivity index is 1.50. The van der Waals surface area contributed by atoms with Crippen molar-refractivity contribution in [3.05, 3.63) is 82.9 Å². The van der Waals surface area contributed by atoms with Crippen molar-refractivity contribution in [2.24, 2.45) is 0 Å². The van der Waals surface area contributed by atoms with Gasteiger partial charge < -0.3 is 10.6 Å². The number of para-hydroxylation sites is 1. The first-order valence-corrected chi connectivity index (χ1v) is 9.55. The number of nitriles is 1. The van der Waals surface area contributed by atoms with Crippen molar-refractivity contribution in [3.8, 4) is 6.07 Å². The van der Waals surface area contributed by atoms with Crippen LogP contribution in [0.4, 0.5) is 16.0 Å². The molecular weight excluding hydrogens is 373 g/mol. The summed E-state index contributed by atoms with van der Waals surface area (Å²) in [6, 6.07) is 18.5. The van der Waals surface area contributed by atoms with Crippen molar-refractivity contribution in [3.63, 3.8) is 0 Å².